The molecule has 0 atom stereocenters. The summed E-state index contributed by atoms with van der Waals surface area (Å²) in [5, 5.41) is 1.74. The van der Waals surface area contributed by atoms with Crippen molar-refractivity contribution in [2.75, 3.05) is 6.54 Å². The second-order valence-electron chi connectivity index (χ2n) is 3.96. The van der Waals surface area contributed by atoms with Crippen molar-refractivity contribution in [3.05, 3.63) is 52.9 Å². The van der Waals surface area contributed by atoms with Crippen molar-refractivity contribution in [3.8, 4) is 11.8 Å². The van der Waals surface area contributed by atoms with Crippen molar-refractivity contribution in [2.24, 2.45) is 5.73 Å². The Morgan fingerprint density at radius 2 is 1.95 bits per heavy atom. The second-order valence-corrected chi connectivity index (χ2v) is 6.90. The Kier molecular flexibility index (Phi) is 4.93. The molecule has 6 heteroatoms. The smallest absolute Gasteiger partial charge is 0.250 e. The summed E-state index contributed by atoms with van der Waals surface area (Å²) in [6.45, 7) is 0.577. The summed E-state index contributed by atoms with van der Waals surface area (Å²) in [6.07, 6.45) is 0. The van der Waals surface area contributed by atoms with E-state index in [2.05, 4.69) is 16.6 Å². The molecule has 20 heavy (non-hydrogen) atoms. The van der Waals surface area contributed by atoms with Crippen molar-refractivity contribution in [1.29, 1.82) is 0 Å². The van der Waals surface area contributed by atoms with Crippen LogP contribution in [0.5, 0.6) is 0 Å². The average molecular weight is 306 g/mol. The van der Waals surface area contributed by atoms with Crippen LogP contribution in [0.1, 0.15) is 11.1 Å². The van der Waals surface area contributed by atoms with Crippen molar-refractivity contribution in [1.82, 2.24) is 4.72 Å². The molecule has 0 bridgehead atoms. The molecule has 2 rings (SSSR count). The van der Waals surface area contributed by atoms with Crippen LogP contribution in [0.4, 0.5) is 0 Å². The molecule has 0 unspecified atom stereocenters. The molecule has 0 amide bonds. The van der Waals surface area contributed by atoms with Gasteiger partial charge in [0.2, 0.25) is 10.0 Å². The maximum atomic E-state index is 11.9. The van der Waals surface area contributed by atoms with Crippen molar-refractivity contribution < 1.29 is 8.42 Å². The zero-order chi connectivity index (χ0) is 14.4. The minimum atomic E-state index is -3.42. The summed E-state index contributed by atoms with van der Waals surface area (Å²) in [5.41, 5.74) is 7.04. The number of nitrogens with one attached hydrogen (secondary N) is 1. The lowest BCUT2D eigenvalue weighted by Crippen LogP contribution is -2.22. The van der Waals surface area contributed by atoms with Crippen LogP contribution >= 0.6 is 11.3 Å². The van der Waals surface area contributed by atoms with Crippen LogP contribution in [-0.2, 0) is 16.6 Å². The lowest BCUT2D eigenvalue weighted by atomic mass is 10.1. The minimum Gasteiger partial charge on any atom is -0.320 e. The van der Waals surface area contributed by atoms with Crippen molar-refractivity contribution in [2.45, 2.75) is 10.8 Å². The zero-order valence-electron chi connectivity index (χ0n) is 10.7. The predicted molar refractivity (Wildman–Crippen MR) is 80.7 cm³/mol. The van der Waals surface area contributed by atoms with Gasteiger partial charge in [0, 0.05) is 12.1 Å². The molecule has 4 nitrogen and oxygen atoms in total. The summed E-state index contributed by atoms with van der Waals surface area (Å²) in [5.74, 6) is 5.68. The molecule has 0 radical (unpaired) electrons. The van der Waals surface area contributed by atoms with E-state index in [1.54, 1.807) is 17.5 Å². The number of thiophene rings is 1. The SMILES string of the molecule is NCC#Cc1ccc(CNS(=O)(=O)c2cccs2)cc1. The number of hydrogen-bond donors (Lipinski definition) is 2. The van der Waals surface area contributed by atoms with Gasteiger partial charge in [-0.05, 0) is 29.1 Å². The fourth-order valence-corrected chi connectivity index (χ4v) is 3.58. The highest BCUT2D eigenvalue weighted by molar-refractivity contribution is 7.91. The molecule has 104 valence electrons. The molecule has 1 aromatic heterocycles. The second kappa shape index (κ2) is 6.68. The Balaban J connectivity index is 2.01. The van der Waals surface area contributed by atoms with E-state index < -0.39 is 10.0 Å². The monoisotopic (exact) mass is 306 g/mol. The highest BCUT2D eigenvalue weighted by Gasteiger charge is 2.14. The molecule has 0 spiro atoms. The Hall–Kier alpha value is -1.65. The molecule has 0 aliphatic heterocycles. The maximum Gasteiger partial charge on any atom is 0.250 e. The Morgan fingerprint density at radius 1 is 1.20 bits per heavy atom. The number of hydrogen-bond acceptors (Lipinski definition) is 4. The minimum absolute atomic E-state index is 0.255. The van der Waals surface area contributed by atoms with Crippen LogP contribution in [0.3, 0.4) is 0 Å². The molecule has 1 heterocycles. The van der Waals surface area contributed by atoms with E-state index in [4.69, 9.17) is 5.73 Å². The van der Waals surface area contributed by atoms with Gasteiger partial charge in [0.1, 0.15) is 4.21 Å². The lowest BCUT2D eigenvalue weighted by Gasteiger charge is -2.05. The molecular weight excluding hydrogens is 292 g/mol. The lowest BCUT2D eigenvalue weighted by molar-refractivity contribution is 0.583. The van der Waals surface area contributed by atoms with Crippen LogP contribution < -0.4 is 10.5 Å². The molecule has 0 aliphatic rings. The highest BCUT2D eigenvalue weighted by atomic mass is 32.2. The van der Waals surface area contributed by atoms with Gasteiger partial charge < -0.3 is 5.73 Å². The third kappa shape index (κ3) is 3.92. The van der Waals surface area contributed by atoms with E-state index in [0.29, 0.717) is 10.8 Å². The summed E-state index contributed by atoms with van der Waals surface area (Å²) in [7, 11) is -3.42. The van der Waals surface area contributed by atoms with Gasteiger partial charge in [-0.15, -0.1) is 11.3 Å². The standard InChI is InChI=1S/C14H14N2O2S2/c15-9-1-3-12-5-7-13(8-6-12)11-16-20(17,18)14-4-2-10-19-14/h2,4-8,10,16H,9,11,15H2. The van der Waals surface area contributed by atoms with E-state index in [-0.39, 0.29) is 6.54 Å². The van der Waals surface area contributed by atoms with Gasteiger partial charge in [-0.2, -0.15) is 0 Å². The molecular formula is C14H14N2O2S2. The first-order chi connectivity index (χ1) is 9.62. The number of sulfonamides is 1. The van der Waals surface area contributed by atoms with Crippen molar-refractivity contribution >= 4 is 21.4 Å². The van der Waals surface area contributed by atoms with Crippen LogP contribution in [-0.4, -0.2) is 15.0 Å². The molecule has 0 fully saturated rings. The fourth-order valence-electron chi connectivity index (χ4n) is 1.52. The molecule has 0 aliphatic carbocycles. The van der Waals surface area contributed by atoms with Gasteiger partial charge in [0.15, 0.2) is 0 Å². The third-order valence-corrected chi connectivity index (χ3v) is 5.31. The first kappa shape index (κ1) is 14.8. The maximum absolute atomic E-state index is 11.9. The Morgan fingerprint density at radius 3 is 2.55 bits per heavy atom. The summed E-state index contributed by atoms with van der Waals surface area (Å²) >= 11 is 1.20. The average Bonchev–Trinajstić information content (AvgIpc) is 2.99. The highest BCUT2D eigenvalue weighted by Crippen LogP contribution is 2.15. The quantitative estimate of drug-likeness (QED) is 0.842. The Bertz CT molecular complexity index is 709. The van der Waals surface area contributed by atoms with E-state index in [0.717, 1.165) is 11.1 Å². The van der Waals surface area contributed by atoms with E-state index in [1.807, 2.05) is 24.3 Å². The van der Waals surface area contributed by atoms with Crippen LogP contribution in [0.2, 0.25) is 0 Å². The summed E-state index contributed by atoms with van der Waals surface area (Å²) in [6, 6.07) is 10.7. The normalized spacial score (nSPS) is 10.8. The zero-order valence-corrected chi connectivity index (χ0v) is 12.3. The van der Waals surface area contributed by atoms with Gasteiger partial charge in [-0.25, -0.2) is 13.1 Å². The van der Waals surface area contributed by atoms with Crippen LogP contribution in [0, 0.1) is 11.8 Å². The van der Waals surface area contributed by atoms with Crippen molar-refractivity contribution in [3.63, 3.8) is 0 Å². The first-order valence-electron chi connectivity index (χ1n) is 5.93. The number of rotatable bonds is 4. The molecule has 1 aromatic carbocycles. The topological polar surface area (TPSA) is 72.2 Å². The van der Waals surface area contributed by atoms with Gasteiger partial charge in [-0.1, -0.05) is 30.0 Å². The van der Waals surface area contributed by atoms with E-state index in [1.165, 1.54) is 11.3 Å². The van der Waals surface area contributed by atoms with Gasteiger partial charge >= 0.3 is 0 Å². The fraction of sp³-hybridized carbons (Fsp3) is 0.143. The van der Waals surface area contributed by atoms with E-state index in [9.17, 15) is 8.42 Å². The molecule has 2 aromatic rings. The first-order valence-corrected chi connectivity index (χ1v) is 8.29. The number of benzene rings is 1. The Labute approximate surface area is 122 Å². The third-order valence-electron chi connectivity index (χ3n) is 2.51. The van der Waals surface area contributed by atoms with Crippen LogP contribution in [0.25, 0.3) is 0 Å². The summed E-state index contributed by atoms with van der Waals surface area (Å²) < 4.78 is 26.8. The van der Waals surface area contributed by atoms with Gasteiger partial charge in [0.05, 0.1) is 6.54 Å². The molecule has 0 saturated heterocycles. The van der Waals surface area contributed by atoms with Crippen LogP contribution in [0.15, 0.2) is 46.0 Å². The summed E-state index contributed by atoms with van der Waals surface area (Å²) in [4.78, 5) is 0. The molecule has 3 N–H and O–H groups in total. The van der Waals surface area contributed by atoms with Gasteiger partial charge in [-0.3, -0.25) is 0 Å². The van der Waals surface area contributed by atoms with E-state index >= 15 is 0 Å². The predicted octanol–water partition coefficient (Wildman–Crippen LogP) is 1.54. The largest absolute Gasteiger partial charge is 0.320 e. The number of nitrogens with two attached hydrogens (primary N) is 1. The van der Waals surface area contributed by atoms with Gasteiger partial charge in [0.25, 0.3) is 0 Å². The molecule has 0 saturated carbocycles.